The van der Waals surface area contributed by atoms with Crippen LogP contribution in [0.5, 0.6) is 0 Å². The zero-order valence-corrected chi connectivity index (χ0v) is 8.38. The Hall–Kier alpha value is -0.860. The Labute approximate surface area is 79.1 Å². The lowest BCUT2D eigenvalue weighted by molar-refractivity contribution is -0.141. The zero-order chi connectivity index (χ0) is 10.3. The van der Waals surface area contributed by atoms with E-state index in [1.54, 1.807) is 0 Å². The molecule has 76 valence electrons. The maximum atomic E-state index is 11.4. The number of carbonyl (C=O) groups is 2. The molecule has 0 aromatic carbocycles. The van der Waals surface area contributed by atoms with Crippen LogP contribution in [0.1, 0.15) is 46.0 Å². The molecule has 0 bridgehead atoms. The molecule has 13 heavy (non-hydrogen) atoms. The molecule has 0 aliphatic carbocycles. The second-order valence-corrected chi connectivity index (χ2v) is 3.31. The van der Waals surface area contributed by atoms with Crippen molar-refractivity contribution in [2.24, 2.45) is 5.92 Å². The van der Waals surface area contributed by atoms with Crippen LogP contribution in [0.4, 0.5) is 0 Å². The number of carboxylic acids is 1. The van der Waals surface area contributed by atoms with Crippen molar-refractivity contribution in [2.45, 2.75) is 46.0 Å². The van der Waals surface area contributed by atoms with Gasteiger partial charge in [-0.25, -0.2) is 0 Å². The lowest BCUT2D eigenvalue weighted by Gasteiger charge is -2.11. The van der Waals surface area contributed by atoms with Gasteiger partial charge in [-0.3, -0.25) is 9.59 Å². The SMILES string of the molecule is CCCC(CCC)C(=O)CC(=O)O. The summed E-state index contributed by atoms with van der Waals surface area (Å²) >= 11 is 0. The topological polar surface area (TPSA) is 54.4 Å². The number of ketones is 1. The average molecular weight is 186 g/mol. The average Bonchev–Trinajstić information content (AvgIpc) is 2.02. The molecule has 0 rings (SSSR count). The van der Waals surface area contributed by atoms with Gasteiger partial charge in [-0.1, -0.05) is 26.7 Å². The maximum absolute atomic E-state index is 11.4. The van der Waals surface area contributed by atoms with Crippen molar-refractivity contribution in [3.8, 4) is 0 Å². The fourth-order valence-electron chi connectivity index (χ4n) is 1.46. The lowest BCUT2D eigenvalue weighted by atomic mass is 9.92. The molecule has 0 atom stereocenters. The van der Waals surface area contributed by atoms with Crippen molar-refractivity contribution < 1.29 is 14.7 Å². The normalized spacial score (nSPS) is 10.4. The number of Topliss-reactive ketones (excluding diaryl/α,β-unsaturated/α-hetero) is 1. The maximum Gasteiger partial charge on any atom is 0.310 e. The van der Waals surface area contributed by atoms with Gasteiger partial charge in [0.25, 0.3) is 0 Å². The molecule has 0 fully saturated rings. The van der Waals surface area contributed by atoms with Crippen LogP contribution in [0, 0.1) is 5.92 Å². The third-order valence-corrected chi connectivity index (χ3v) is 2.06. The van der Waals surface area contributed by atoms with Gasteiger partial charge < -0.3 is 5.11 Å². The van der Waals surface area contributed by atoms with Crippen molar-refractivity contribution in [1.82, 2.24) is 0 Å². The van der Waals surface area contributed by atoms with Crippen molar-refractivity contribution in [3.05, 3.63) is 0 Å². The molecule has 1 N–H and O–H groups in total. The second kappa shape index (κ2) is 6.63. The van der Waals surface area contributed by atoms with E-state index < -0.39 is 5.97 Å². The molecule has 0 spiro atoms. The summed E-state index contributed by atoms with van der Waals surface area (Å²) in [6.45, 7) is 4.02. The Kier molecular flexibility index (Phi) is 6.20. The predicted octanol–water partition coefficient (Wildman–Crippen LogP) is 2.25. The number of aliphatic carboxylic acids is 1. The van der Waals surface area contributed by atoms with E-state index in [4.69, 9.17) is 5.11 Å². The number of carbonyl (C=O) groups excluding carboxylic acids is 1. The van der Waals surface area contributed by atoms with E-state index >= 15 is 0 Å². The molecule has 0 saturated heterocycles. The molecule has 3 heteroatoms. The molecule has 3 nitrogen and oxygen atoms in total. The van der Waals surface area contributed by atoms with Gasteiger partial charge in [0.1, 0.15) is 12.2 Å². The summed E-state index contributed by atoms with van der Waals surface area (Å²) in [7, 11) is 0. The molecular weight excluding hydrogens is 168 g/mol. The Morgan fingerprint density at radius 2 is 1.62 bits per heavy atom. The van der Waals surface area contributed by atoms with Crippen LogP contribution in [0.2, 0.25) is 0 Å². The molecule has 0 saturated carbocycles. The molecule has 0 radical (unpaired) electrons. The van der Waals surface area contributed by atoms with Crippen molar-refractivity contribution >= 4 is 11.8 Å². The number of rotatable bonds is 7. The summed E-state index contributed by atoms with van der Waals surface area (Å²) in [6, 6.07) is 0. The highest BCUT2D eigenvalue weighted by Crippen LogP contribution is 2.16. The van der Waals surface area contributed by atoms with Crippen molar-refractivity contribution in [1.29, 1.82) is 0 Å². The minimum Gasteiger partial charge on any atom is -0.481 e. The van der Waals surface area contributed by atoms with Gasteiger partial charge in [0.2, 0.25) is 0 Å². The van der Waals surface area contributed by atoms with Gasteiger partial charge in [-0.2, -0.15) is 0 Å². The summed E-state index contributed by atoms with van der Waals surface area (Å²) in [5.41, 5.74) is 0. The molecule has 0 aromatic heterocycles. The standard InChI is InChI=1S/C10H18O3/c1-3-5-8(6-4-2)9(11)7-10(12)13/h8H,3-7H2,1-2H3,(H,12,13). The Balaban J connectivity index is 4.02. The highest BCUT2D eigenvalue weighted by Gasteiger charge is 2.18. The van der Waals surface area contributed by atoms with Gasteiger partial charge in [-0.15, -0.1) is 0 Å². The summed E-state index contributed by atoms with van der Waals surface area (Å²) in [5.74, 6) is -1.16. The molecule has 0 heterocycles. The minimum atomic E-state index is -1.01. The second-order valence-electron chi connectivity index (χ2n) is 3.31. The molecular formula is C10H18O3. The van der Waals surface area contributed by atoms with Gasteiger partial charge in [0.05, 0.1) is 0 Å². The van der Waals surface area contributed by atoms with E-state index in [2.05, 4.69) is 0 Å². The summed E-state index contributed by atoms with van der Waals surface area (Å²) < 4.78 is 0. The smallest absolute Gasteiger partial charge is 0.310 e. The molecule has 0 aromatic rings. The van der Waals surface area contributed by atoms with E-state index in [1.165, 1.54) is 0 Å². The Bertz CT molecular complexity index is 169. The number of hydrogen-bond donors (Lipinski definition) is 1. The van der Waals surface area contributed by atoms with Gasteiger partial charge in [-0.05, 0) is 12.8 Å². The van der Waals surface area contributed by atoms with Crippen LogP contribution < -0.4 is 0 Å². The first-order chi connectivity index (χ1) is 6.11. The first kappa shape index (κ1) is 12.1. The van der Waals surface area contributed by atoms with Crippen molar-refractivity contribution in [3.63, 3.8) is 0 Å². The van der Waals surface area contributed by atoms with Gasteiger partial charge in [0.15, 0.2) is 0 Å². The number of carboxylic acid groups (broad SMARTS) is 1. The monoisotopic (exact) mass is 186 g/mol. The minimum absolute atomic E-state index is 0.0360. The first-order valence-electron chi connectivity index (χ1n) is 4.86. The van der Waals surface area contributed by atoms with Crippen LogP contribution in [0.15, 0.2) is 0 Å². The van der Waals surface area contributed by atoms with Crippen LogP contribution in [0.25, 0.3) is 0 Å². The van der Waals surface area contributed by atoms with Gasteiger partial charge >= 0.3 is 5.97 Å². The molecule has 0 unspecified atom stereocenters. The Morgan fingerprint density at radius 3 is 1.92 bits per heavy atom. The van der Waals surface area contributed by atoms with E-state index in [0.717, 1.165) is 25.7 Å². The van der Waals surface area contributed by atoms with Gasteiger partial charge in [0, 0.05) is 5.92 Å². The zero-order valence-electron chi connectivity index (χ0n) is 8.38. The molecule has 0 aliphatic rings. The Morgan fingerprint density at radius 1 is 1.15 bits per heavy atom. The lowest BCUT2D eigenvalue weighted by Crippen LogP contribution is -2.17. The third kappa shape index (κ3) is 5.39. The van der Waals surface area contributed by atoms with E-state index in [-0.39, 0.29) is 18.1 Å². The van der Waals surface area contributed by atoms with E-state index in [0.29, 0.717) is 0 Å². The highest BCUT2D eigenvalue weighted by atomic mass is 16.4. The third-order valence-electron chi connectivity index (χ3n) is 2.06. The first-order valence-corrected chi connectivity index (χ1v) is 4.86. The molecule has 0 aliphatic heterocycles. The fraction of sp³-hybridized carbons (Fsp3) is 0.800. The van der Waals surface area contributed by atoms with Crippen LogP contribution in [-0.4, -0.2) is 16.9 Å². The summed E-state index contributed by atoms with van der Waals surface area (Å²) in [5, 5.41) is 8.45. The van der Waals surface area contributed by atoms with E-state index in [1.807, 2.05) is 13.8 Å². The summed E-state index contributed by atoms with van der Waals surface area (Å²) in [4.78, 5) is 21.7. The largest absolute Gasteiger partial charge is 0.481 e. The number of hydrogen-bond acceptors (Lipinski definition) is 2. The highest BCUT2D eigenvalue weighted by molar-refractivity contribution is 5.95. The van der Waals surface area contributed by atoms with Crippen LogP contribution in [-0.2, 0) is 9.59 Å². The van der Waals surface area contributed by atoms with E-state index in [9.17, 15) is 9.59 Å². The van der Waals surface area contributed by atoms with Crippen LogP contribution in [0.3, 0.4) is 0 Å². The van der Waals surface area contributed by atoms with Crippen LogP contribution >= 0.6 is 0 Å². The molecule has 0 amide bonds. The quantitative estimate of drug-likeness (QED) is 0.620. The fourth-order valence-corrected chi connectivity index (χ4v) is 1.46. The predicted molar refractivity (Wildman–Crippen MR) is 50.6 cm³/mol. The van der Waals surface area contributed by atoms with Crippen molar-refractivity contribution in [2.75, 3.05) is 0 Å². The summed E-state index contributed by atoms with van der Waals surface area (Å²) in [6.07, 6.45) is 3.20.